The van der Waals surface area contributed by atoms with Crippen molar-refractivity contribution in [3.63, 3.8) is 0 Å². The summed E-state index contributed by atoms with van der Waals surface area (Å²) in [6.07, 6.45) is 6.41. The second-order valence-corrected chi connectivity index (χ2v) is 10.7. The lowest BCUT2D eigenvalue weighted by molar-refractivity contribution is 0.0659. The molecule has 1 saturated heterocycles. The number of hydrogen-bond donors (Lipinski definition) is 4. The minimum atomic E-state index is -3.65. The number of rotatable bonds is 7. The number of sulfone groups is 1. The van der Waals surface area contributed by atoms with E-state index < -0.39 is 9.84 Å². The van der Waals surface area contributed by atoms with Crippen LogP contribution < -0.4 is 16.2 Å². The Labute approximate surface area is 197 Å². The predicted molar refractivity (Wildman–Crippen MR) is 126 cm³/mol. The van der Waals surface area contributed by atoms with Gasteiger partial charge in [0.25, 0.3) is 5.91 Å². The van der Waals surface area contributed by atoms with Crippen LogP contribution >= 0.6 is 11.6 Å². The van der Waals surface area contributed by atoms with Gasteiger partial charge < -0.3 is 10.1 Å². The number of ether oxygens (including phenoxy) is 1. The lowest BCUT2D eigenvalue weighted by atomic mass is 10.0. The van der Waals surface area contributed by atoms with E-state index in [0.717, 1.165) is 31.9 Å². The second-order valence-electron chi connectivity index (χ2n) is 8.33. The average molecular weight is 495 g/mol. The molecule has 2 aromatic rings. The van der Waals surface area contributed by atoms with E-state index in [1.807, 2.05) is 0 Å². The molecule has 4 N–H and O–H groups in total. The van der Waals surface area contributed by atoms with Gasteiger partial charge in [-0.1, -0.05) is 17.7 Å². The zero-order chi connectivity index (χ0) is 23.4. The third-order valence-electron chi connectivity index (χ3n) is 5.55. The molecule has 1 amide bonds. The minimum absolute atomic E-state index is 0.210. The number of aliphatic imine (C=N–C) groups is 1. The standard InChI is InChI=1S/C21H27ClN6O4S/c1-33(30,31)21(28-23-11-13-6-8-32-9-7-13)26-19-17(12-24-27-19)14-2-5-16(18(22)10-14)20(29)25-15-3-4-15/h2,5,10,12-13,15,23H,3-4,6-9,11H2,1H3,(H,25,29)(H2,24,26,27,28). The first kappa shape index (κ1) is 23.7. The highest BCUT2D eigenvalue weighted by Gasteiger charge is 2.25. The number of H-pyrrole nitrogens is 1. The number of nitrogens with one attached hydrogen (secondary N) is 4. The molecule has 2 heterocycles. The Hall–Kier alpha value is -2.47. The minimum Gasteiger partial charge on any atom is -0.381 e. The van der Waals surface area contributed by atoms with Crippen molar-refractivity contribution >= 4 is 38.3 Å². The zero-order valence-corrected chi connectivity index (χ0v) is 19.8. The van der Waals surface area contributed by atoms with Gasteiger partial charge in [0.1, 0.15) is 0 Å². The Morgan fingerprint density at radius 1 is 1.27 bits per heavy atom. The van der Waals surface area contributed by atoms with E-state index in [0.29, 0.717) is 47.4 Å². The molecule has 0 spiro atoms. The third kappa shape index (κ3) is 6.32. The van der Waals surface area contributed by atoms with E-state index >= 15 is 0 Å². The number of amides is 1. The first-order valence-corrected chi connectivity index (χ1v) is 13.1. The van der Waals surface area contributed by atoms with E-state index in [-0.39, 0.29) is 22.9 Å². The van der Waals surface area contributed by atoms with Gasteiger partial charge in [-0.05, 0) is 49.3 Å². The molecule has 2 fully saturated rings. The van der Waals surface area contributed by atoms with Gasteiger partial charge in [0, 0.05) is 37.6 Å². The van der Waals surface area contributed by atoms with Crippen LogP contribution in [0.3, 0.4) is 0 Å². The number of carbonyl (C=O) groups excluding carboxylic acids is 1. The summed E-state index contributed by atoms with van der Waals surface area (Å²) in [6, 6.07) is 5.24. The summed E-state index contributed by atoms with van der Waals surface area (Å²) >= 11 is 6.36. The Morgan fingerprint density at radius 3 is 2.70 bits per heavy atom. The van der Waals surface area contributed by atoms with Gasteiger partial charge in [-0.2, -0.15) is 10.1 Å². The second kappa shape index (κ2) is 10.2. The van der Waals surface area contributed by atoms with Gasteiger partial charge in [-0.15, -0.1) is 0 Å². The number of halogens is 1. The lowest BCUT2D eigenvalue weighted by Gasteiger charge is -2.22. The summed E-state index contributed by atoms with van der Waals surface area (Å²) in [4.78, 5) is 16.6. The van der Waals surface area contributed by atoms with Gasteiger partial charge in [-0.3, -0.25) is 15.3 Å². The molecule has 1 aliphatic carbocycles. The van der Waals surface area contributed by atoms with Gasteiger partial charge in [0.2, 0.25) is 15.0 Å². The van der Waals surface area contributed by atoms with Crippen molar-refractivity contribution in [3.8, 4) is 11.1 Å². The molecule has 1 aromatic heterocycles. The van der Waals surface area contributed by atoms with Crippen molar-refractivity contribution < 1.29 is 17.9 Å². The van der Waals surface area contributed by atoms with Crippen LogP contribution in [0.1, 0.15) is 36.0 Å². The molecule has 4 rings (SSSR count). The summed E-state index contributed by atoms with van der Waals surface area (Å²) in [5.74, 6) is 0.438. The highest BCUT2D eigenvalue weighted by atomic mass is 35.5. The van der Waals surface area contributed by atoms with Gasteiger partial charge in [0.15, 0.2) is 5.82 Å². The molecule has 178 valence electrons. The maximum absolute atomic E-state index is 12.3. The zero-order valence-electron chi connectivity index (χ0n) is 18.2. The molecule has 0 radical (unpaired) electrons. The summed E-state index contributed by atoms with van der Waals surface area (Å²) in [7, 11) is -3.65. The number of nitrogens with zero attached hydrogens (tertiary/aromatic N) is 2. The fraction of sp³-hybridized carbons (Fsp3) is 0.476. The van der Waals surface area contributed by atoms with Crippen LogP contribution in [-0.4, -0.2) is 61.7 Å². The molecule has 0 unspecified atom stereocenters. The molecular weight excluding hydrogens is 468 g/mol. The maximum atomic E-state index is 12.3. The Balaban J connectivity index is 1.51. The maximum Gasteiger partial charge on any atom is 0.253 e. The largest absolute Gasteiger partial charge is 0.381 e. The fourth-order valence-electron chi connectivity index (χ4n) is 3.46. The number of benzene rings is 1. The van der Waals surface area contributed by atoms with Gasteiger partial charge >= 0.3 is 0 Å². The number of aromatic amines is 1. The molecule has 10 nitrogen and oxygen atoms in total. The quantitative estimate of drug-likeness (QED) is 0.263. The fourth-order valence-corrected chi connectivity index (χ4v) is 4.24. The Morgan fingerprint density at radius 2 is 2.03 bits per heavy atom. The molecular formula is C21H27ClN6O4S. The summed E-state index contributed by atoms with van der Waals surface area (Å²) in [5, 5.41) is 9.71. The number of hydrogen-bond acceptors (Lipinski definition) is 7. The molecule has 2 aliphatic rings. The van der Waals surface area contributed by atoms with E-state index in [4.69, 9.17) is 16.3 Å². The van der Waals surface area contributed by atoms with Crippen LogP contribution in [0.15, 0.2) is 29.4 Å². The van der Waals surface area contributed by atoms with Crippen molar-refractivity contribution in [1.29, 1.82) is 0 Å². The van der Waals surface area contributed by atoms with Crippen molar-refractivity contribution in [1.82, 2.24) is 26.4 Å². The van der Waals surface area contributed by atoms with E-state index in [2.05, 4.69) is 31.4 Å². The summed E-state index contributed by atoms with van der Waals surface area (Å²) in [6.45, 7) is 2.01. The van der Waals surface area contributed by atoms with Crippen molar-refractivity contribution in [2.45, 2.75) is 31.7 Å². The molecule has 1 aliphatic heterocycles. The number of amidine groups is 1. The summed E-state index contributed by atoms with van der Waals surface area (Å²) < 4.78 is 29.9. The van der Waals surface area contributed by atoms with E-state index in [1.54, 1.807) is 18.2 Å². The molecule has 0 atom stereocenters. The van der Waals surface area contributed by atoms with Crippen molar-refractivity contribution in [3.05, 3.63) is 35.0 Å². The van der Waals surface area contributed by atoms with E-state index in [1.165, 1.54) is 6.20 Å². The Kier molecular flexibility index (Phi) is 7.32. The van der Waals surface area contributed by atoms with E-state index in [9.17, 15) is 13.2 Å². The summed E-state index contributed by atoms with van der Waals surface area (Å²) in [5.41, 5.74) is 7.29. The molecule has 12 heteroatoms. The monoisotopic (exact) mass is 494 g/mol. The lowest BCUT2D eigenvalue weighted by Crippen LogP contribution is -2.44. The smallest absolute Gasteiger partial charge is 0.253 e. The predicted octanol–water partition coefficient (Wildman–Crippen LogP) is 2.18. The molecule has 1 saturated carbocycles. The number of carbonyl (C=O) groups is 1. The normalized spacial score (nSPS) is 17.7. The van der Waals surface area contributed by atoms with Gasteiger partial charge in [0.05, 0.1) is 16.8 Å². The molecule has 0 bridgehead atoms. The first-order valence-electron chi connectivity index (χ1n) is 10.8. The van der Waals surface area contributed by atoms with Crippen LogP contribution in [0.4, 0.5) is 5.82 Å². The van der Waals surface area contributed by atoms with Crippen LogP contribution in [0.25, 0.3) is 11.1 Å². The highest BCUT2D eigenvalue weighted by Crippen LogP contribution is 2.32. The Bertz CT molecular complexity index is 1140. The third-order valence-corrected chi connectivity index (χ3v) is 6.76. The molecule has 33 heavy (non-hydrogen) atoms. The topological polar surface area (TPSA) is 138 Å². The SMILES string of the molecule is CS(=O)(=O)/C(=N/c1[nH]ncc1-c1ccc(C(=O)NC2CC2)c(Cl)c1)NNCC1CCOCC1. The van der Waals surface area contributed by atoms with Crippen molar-refractivity contribution in [2.24, 2.45) is 10.9 Å². The average Bonchev–Trinajstić information content (AvgIpc) is 3.47. The van der Waals surface area contributed by atoms with Crippen LogP contribution in [0.5, 0.6) is 0 Å². The van der Waals surface area contributed by atoms with Crippen LogP contribution in [0, 0.1) is 5.92 Å². The first-order chi connectivity index (χ1) is 15.8. The number of hydrazine groups is 1. The van der Waals surface area contributed by atoms with Crippen molar-refractivity contribution in [2.75, 3.05) is 26.0 Å². The van der Waals surface area contributed by atoms with Gasteiger partial charge in [-0.25, -0.2) is 13.8 Å². The van der Waals surface area contributed by atoms with Crippen LogP contribution in [0.2, 0.25) is 5.02 Å². The molecule has 1 aromatic carbocycles. The number of aromatic nitrogens is 2. The van der Waals surface area contributed by atoms with Crippen LogP contribution in [-0.2, 0) is 14.6 Å². The highest BCUT2D eigenvalue weighted by molar-refractivity contribution is 8.05.